The summed E-state index contributed by atoms with van der Waals surface area (Å²) in [4.78, 5) is 0. The first-order chi connectivity index (χ1) is 8.70. The van der Waals surface area contributed by atoms with E-state index in [2.05, 4.69) is 0 Å². The van der Waals surface area contributed by atoms with Gasteiger partial charge >= 0.3 is 0 Å². The summed E-state index contributed by atoms with van der Waals surface area (Å²) in [5, 5.41) is 0. The van der Waals surface area contributed by atoms with Crippen LogP contribution >= 0.6 is 0 Å². The molecule has 3 heteroatoms. The lowest BCUT2D eigenvalue weighted by atomic mass is 10.1. The SMILES string of the molecule is Cc1ccc(F)cc1OC(CN)c1ccccc1. The van der Waals surface area contributed by atoms with Crippen molar-refractivity contribution >= 4 is 0 Å². The fourth-order valence-corrected chi connectivity index (χ4v) is 1.77. The molecule has 0 aliphatic heterocycles. The van der Waals surface area contributed by atoms with Crippen LogP contribution in [0.4, 0.5) is 4.39 Å². The van der Waals surface area contributed by atoms with Crippen molar-refractivity contribution in [3.8, 4) is 5.75 Å². The largest absolute Gasteiger partial charge is 0.484 e. The van der Waals surface area contributed by atoms with Crippen molar-refractivity contribution in [1.82, 2.24) is 0 Å². The summed E-state index contributed by atoms with van der Waals surface area (Å²) in [6.07, 6.45) is -0.258. The van der Waals surface area contributed by atoms with Gasteiger partial charge < -0.3 is 10.5 Å². The van der Waals surface area contributed by atoms with Gasteiger partial charge in [-0.25, -0.2) is 4.39 Å². The van der Waals surface area contributed by atoms with Gasteiger partial charge in [0.05, 0.1) is 0 Å². The second-order valence-electron chi connectivity index (χ2n) is 4.16. The molecule has 0 aromatic heterocycles. The maximum absolute atomic E-state index is 13.2. The van der Waals surface area contributed by atoms with Crippen LogP contribution in [0, 0.1) is 12.7 Å². The standard InChI is InChI=1S/C15H16FNO/c1-11-7-8-13(16)9-14(11)18-15(10-17)12-5-3-2-4-6-12/h2-9,15H,10,17H2,1H3. The van der Waals surface area contributed by atoms with Crippen LogP contribution in [0.3, 0.4) is 0 Å². The van der Waals surface area contributed by atoms with E-state index in [0.717, 1.165) is 11.1 Å². The zero-order valence-corrected chi connectivity index (χ0v) is 10.3. The highest BCUT2D eigenvalue weighted by Gasteiger charge is 2.12. The number of halogens is 1. The predicted octanol–water partition coefficient (Wildman–Crippen LogP) is 3.21. The van der Waals surface area contributed by atoms with E-state index in [1.54, 1.807) is 6.07 Å². The number of benzene rings is 2. The number of hydrogen-bond acceptors (Lipinski definition) is 2. The number of nitrogens with two attached hydrogens (primary N) is 1. The van der Waals surface area contributed by atoms with Gasteiger partial charge in [-0.3, -0.25) is 0 Å². The van der Waals surface area contributed by atoms with E-state index in [-0.39, 0.29) is 11.9 Å². The van der Waals surface area contributed by atoms with Crippen molar-refractivity contribution in [1.29, 1.82) is 0 Å². The molecule has 0 radical (unpaired) electrons. The van der Waals surface area contributed by atoms with Crippen LogP contribution in [0.5, 0.6) is 5.75 Å². The summed E-state index contributed by atoms with van der Waals surface area (Å²) >= 11 is 0. The van der Waals surface area contributed by atoms with Crippen LogP contribution in [-0.2, 0) is 0 Å². The Kier molecular flexibility index (Phi) is 3.95. The summed E-state index contributed by atoms with van der Waals surface area (Å²) in [6, 6.07) is 14.2. The lowest BCUT2D eigenvalue weighted by molar-refractivity contribution is 0.212. The summed E-state index contributed by atoms with van der Waals surface area (Å²) < 4.78 is 19.0. The van der Waals surface area contributed by atoms with Crippen LogP contribution in [0.1, 0.15) is 17.2 Å². The lowest BCUT2D eigenvalue weighted by Crippen LogP contribution is -2.18. The minimum Gasteiger partial charge on any atom is -0.484 e. The average Bonchev–Trinajstić information content (AvgIpc) is 2.41. The Morgan fingerprint density at radius 1 is 1.17 bits per heavy atom. The normalized spacial score (nSPS) is 12.2. The van der Waals surface area contributed by atoms with Crippen molar-refractivity contribution in [2.24, 2.45) is 5.73 Å². The molecule has 94 valence electrons. The second-order valence-corrected chi connectivity index (χ2v) is 4.16. The molecule has 2 nitrogen and oxygen atoms in total. The molecule has 2 aromatic carbocycles. The van der Waals surface area contributed by atoms with Crippen molar-refractivity contribution in [2.45, 2.75) is 13.0 Å². The Balaban J connectivity index is 2.23. The molecular weight excluding hydrogens is 229 g/mol. The minimum atomic E-state index is -0.306. The van der Waals surface area contributed by atoms with Crippen LogP contribution in [-0.4, -0.2) is 6.54 Å². The van der Waals surface area contributed by atoms with Gasteiger partial charge in [-0.15, -0.1) is 0 Å². The summed E-state index contributed by atoms with van der Waals surface area (Å²) in [7, 11) is 0. The molecule has 0 amide bonds. The lowest BCUT2D eigenvalue weighted by Gasteiger charge is -2.19. The highest BCUT2D eigenvalue weighted by molar-refractivity contribution is 5.33. The Morgan fingerprint density at radius 2 is 1.89 bits per heavy atom. The highest BCUT2D eigenvalue weighted by atomic mass is 19.1. The third-order valence-electron chi connectivity index (χ3n) is 2.80. The van der Waals surface area contributed by atoms with Crippen LogP contribution in [0.2, 0.25) is 0 Å². The average molecular weight is 245 g/mol. The van der Waals surface area contributed by atoms with Gasteiger partial charge in [-0.05, 0) is 24.1 Å². The maximum atomic E-state index is 13.2. The molecule has 0 aliphatic carbocycles. The number of ether oxygens (including phenoxy) is 1. The zero-order valence-electron chi connectivity index (χ0n) is 10.3. The molecule has 2 N–H and O–H groups in total. The maximum Gasteiger partial charge on any atom is 0.136 e. The number of hydrogen-bond donors (Lipinski definition) is 1. The van der Waals surface area contributed by atoms with E-state index in [9.17, 15) is 4.39 Å². The number of rotatable bonds is 4. The molecule has 0 fully saturated rings. The Labute approximate surface area is 106 Å². The quantitative estimate of drug-likeness (QED) is 0.897. The molecule has 2 rings (SSSR count). The van der Waals surface area contributed by atoms with Crippen LogP contribution < -0.4 is 10.5 Å². The molecule has 0 spiro atoms. The summed E-state index contributed by atoms with van der Waals surface area (Å²) in [5.41, 5.74) is 7.61. The molecule has 0 heterocycles. The molecule has 1 atom stereocenters. The van der Waals surface area contributed by atoms with E-state index in [1.807, 2.05) is 37.3 Å². The summed E-state index contributed by atoms with van der Waals surface area (Å²) in [6.45, 7) is 2.23. The Bertz CT molecular complexity index is 513. The van der Waals surface area contributed by atoms with Gasteiger partial charge in [0.25, 0.3) is 0 Å². The third-order valence-corrected chi connectivity index (χ3v) is 2.80. The first-order valence-corrected chi connectivity index (χ1v) is 5.88. The van der Waals surface area contributed by atoms with Gasteiger partial charge in [0.15, 0.2) is 0 Å². The third kappa shape index (κ3) is 2.87. The van der Waals surface area contributed by atoms with Gasteiger partial charge in [0.1, 0.15) is 17.7 Å². The fourth-order valence-electron chi connectivity index (χ4n) is 1.77. The molecule has 0 saturated carbocycles. The van der Waals surface area contributed by atoms with Crippen molar-refractivity contribution < 1.29 is 9.13 Å². The smallest absolute Gasteiger partial charge is 0.136 e. The molecule has 0 aliphatic rings. The summed E-state index contributed by atoms with van der Waals surface area (Å²) in [5.74, 6) is 0.230. The van der Waals surface area contributed by atoms with Crippen LogP contribution in [0.15, 0.2) is 48.5 Å². The molecule has 0 saturated heterocycles. The van der Waals surface area contributed by atoms with Gasteiger partial charge in [0.2, 0.25) is 0 Å². The van der Waals surface area contributed by atoms with Gasteiger partial charge in [0, 0.05) is 12.6 Å². The van der Waals surface area contributed by atoms with E-state index in [1.165, 1.54) is 12.1 Å². The zero-order chi connectivity index (χ0) is 13.0. The highest BCUT2D eigenvalue weighted by Crippen LogP contribution is 2.25. The minimum absolute atomic E-state index is 0.258. The first-order valence-electron chi connectivity index (χ1n) is 5.88. The molecule has 1 unspecified atom stereocenters. The van der Waals surface area contributed by atoms with Crippen molar-refractivity contribution in [2.75, 3.05) is 6.54 Å². The molecule has 18 heavy (non-hydrogen) atoms. The molecular formula is C15H16FNO. The molecule has 0 bridgehead atoms. The topological polar surface area (TPSA) is 35.2 Å². The fraction of sp³-hybridized carbons (Fsp3) is 0.200. The second kappa shape index (κ2) is 5.65. The van der Waals surface area contributed by atoms with Crippen molar-refractivity contribution in [3.63, 3.8) is 0 Å². The van der Waals surface area contributed by atoms with Crippen molar-refractivity contribution in [3.05, 3.63) is 65.5 Å². The Hall–Kier alpha value is -1.87. The van der Waals surface area contributed by atoms with Gasteiger partial charge in [-0.2, -0.15) is 0 Å². The first kappa shape index (κ1) is 12.6. The van der Waals surface area contributed by atoms with Crippen LogP contribution in [0.25, 0.3) is 0 Å². The van der Waals surface area contributed by atoms with Gasteiger partial charge in [-0.1, -0.05) is 36.4 Å². The van der Waals surface area contributed by atoms with E-state index in [0.29, 0.717) is 12.3 Å². The molecule has 2 aromatic rings. The Morgan fingerprint density at radius 3 is 2.56 bits per heavy atom. The number of aryl methyl sites for hydroxylation is 1. The van der Waals surface area contributed by atoms with E-state index in [4.69, 9.17) is 10.5 Å². The van der Waals surface area contributed by atoms with E-state index < -0.39 is 0 Å². The monoisotopic (exact) mass is 245 g/mol. The predicted molar refractivity (Wildman–Crippen MR) is 70.0 cm³/mol. The van der Waals surface area contributed by atoms with E-state index >= 15 is 0 Å².